The molecule has 74 valence electrons. The molecule has 1 heteroatoms. The lowest BCUT2D eigenvalue weighted by Gasteiger charge is -2.17. The van der Waals surface area contributed by atoms with Crippen molar-refractivity contribution in [2.45, 2.75) is 27.2 Å². The summed E-state index contributed by atoms with van der Waals surface area (Å²) in [6, 6.07) is 8.99. The van der Waals surface area contributed by atoms with Crippen LogP contribution in [0.15, 0.2) is 29.6 Å². The third-order valence-electron chi connectivity index (χ3n) is 2.26. The summed E-state index contributed by atoms with van der Waals surface area (Å²) in [5.41, 5.74) is 1.83. The van der Waals surface area contributed by atoms with Crippen molar-refractivity contribution in [1.82, 2.24) is 0 Å². The zero-order valence-corrected chi connectivity index (χ0v) is 9.82. The smallest absolute Gasteiger partial charge is 0.0345 e. The van der Waals surface area contributed by atoms with Crippen LogP contribution in [0.1, 0.15) is 26.3 Å². The Labute approximate surface area is 89.6 Å². The van der Waals surface area contributed by atoms with Gasteiger partial charge in [0.1, 0.15) is 0 Å². The van der Waals surface area contributed by atoms with Gasteiger partial charge in [-0.1, -0.05) is 32.9 Å². The van der Waals surface area contributed by atoms with Gasteiger partial charge in [-0.05, 0) is 40.3 Å². The highest BCUT2D eigenvalue weighted by Crippen LogP contribution is 2.26. The Hall–Kier alpha value is -0.820. The normalized spacial score (nSPS) is 12.2. The molecule has 0 atom stereocenters. The first-order valence-corrected chi connectivity index (χ1v) is 5.89. The van der Waals surface area contributed by atoms with E-state index in [1.54, 1.807) is 0 Å². The molecule has 2 aromatic rings. The zero-order chi connectivity index (χ0) is 10.2. The van der Waals surface area contributed by atoms with Gasteiger partial charge < -0.3 is 0 Å². The van der Waals surface area contributed by atoms with Gasteiger partial charge in [0.05, 0.1) is 0 Å². The Bertz CT molecular complexity index is 432. The Kier molecular flexibility index (Phi) is 2.36. The maximum Gasteiger partial charge on any atom is 0.0345 e. The molecule has 0 amide bonds. The number of fused-ring (bicyclic) bond motifs is 1. The molecule has 0 radical (unpaired) electrons. The van der Waals surface area contributed by atoms with E-state index in [4.69, 9.17) is 0 Å². The molecule has 0 N–H and O–H groups in total. The quantitative estimate of drug-likeness (QED) is 0.642. The average molecular weight is 204 g/mol. The number of benzene rings is 1. The molecule has 0 unspecified atom stereocenters. The second kappa shape index (κ2) is 3.39. The van der Waals surface area contributed by atoms with E-state index >= 15 is 0 Å². The summed E-state index contributed by atoms with van der Waals surface area (Å²) in [7, 11) is 0. The SMILES string of the molecule is CC(C)(C)Cc1ccc2ccsc2c1. The second-order valence-corrected chi connectivity index (χ2v) is 5.98. The van der Waals surface area contributed by atoms with E-state index in [2.05, 4.69) is 50.4 Å². The molecule has 0 fully saturated rings. The van der Waals surface area contributed by atoms with Crippen LogP contribution in [0, 0.1) is 5.41 Å². The highest BCUT2D eigenvalue weighted by atomic mass is 32.1. The molecule has 1 heterocycles. The van der Waals surface area contributed by atoms with E-state index in [9.17, 15) is 0 Å². The van der Waals surface area contributed by atoms with Crippen LogP contribution in [0.5, 0.6) is 0 Å². The molecular formula is C13H16S. The highest BCUT2D eigenvalue weighted by molar-refractivity contribution is 7.17. The lowest BCUT2D eigenvalue weighted by atomic mass is 9.88. The number of hydrogen-bond acceptors (Lipinski definition) is 1. The third kappa shape index (κ3) is 2.16. The average Bonchev–Trinajstić information content (AvgIpc) is 2.47. The summed E-state index contributed by atoms with van der Waals surface area (Å²) >= 11 is 1.83. The molecule has 0 aliphatic carbocycles. The maximum absolute atomic E-state index is 2.32. The molecule has 14 heavy (non-hydrogen) atoms. The fraction of sp³-hybridized carbons (Fsp3) is 0.385. The van der Waals surface area contributed by atoms with Crippen molar-refractivity contribution < 1.29 is 0 Å². The first-order valence-electron chi connectivity index (χ1n) is 5.01. The van der Waals surface area contributed by atoms with Gasteiger partial charge in [0.15, 0.2) is 0 Å². The largest absolute Gasteiger partial charge is 0.144 e. The summed E-state index contributed by atoms with van der Waals surface area (Å²) in [5, 5.41) is 3.53. The molecule has 1 aromatic heterocycles. The summed E-state index contributed by atoms with van der Waals surface area (Å²) in [5.74, 6) is 0. The van der Waals surface area contributed by atoms with Gasteiger partial charge in [0.2, 0.25) is 0 Å². The van der Waals surface area contributed by atoms with E-state index in [1.807, 2.05) is 11.3 Å². The highest BCUT2D eigenvalue weighted by Gasteiger charge is 2.11. The second-order valence-electron chi connectivity index (χ2n) is 5.03. The zero-order valence-electron chi connectivity index (χ0n) is 9.00. The van der Waals surface area contributed by atoms with Gasteiger partial charge in [-0.3, -0.25) is 0 Å². The molecule has 0 saturated heterocycles. The Balaban J connectivity index is 2.35. The van der Waals surface area contributed by atoms with E-state index in [0.717, 1.165) is 6.42 Å². The van der Waals surface area contributed by atoms with Crippen LogP contribution >= 0.6 is 11.3 Å². The van der Waals surface area contributed by atoms with Crippen LogP contribution in [0.4, 0.5) is 0 Å². The summed E-state index contributed by atoms with van der Waals surface area (Å²) in [6.45, 7) is 6.85. The molecule has 1 aromatic carbocycles. The van der Waals surface area contributed by atoms with Crippen molar-refractivity contribution >= 4 is 21.4 Å². The van der Waals surface area contributed by atoms with E-state index in [1.165, 1.54) is 15.6 Å². The van der Waals surface area contributed by atoms with Crippen LogP contribution in [-0.4, -0.2) is 0 Å². The number of rotatable bonds is 1. The fourth-order valence-electron chi connectivity index (χ4n) is 1.72. The van der Waals surface area contributed by atoms with Crippen LogP contribution in [0.2, 0.25) is 0 Å². The van der Waals surface area contributed by atoms with Crippen LogP contribution < -0.4 is 0 Å². The third-order valence-corrected chi connectivity index (χ3v) is 3.13. The predicted octanol–water partition coefficient (Wildman–Crippen LogP) is 4.49. The topological polar surface area (TPSA) is 0 Å². The fourth-order valence-corrected chi connectivity index (χ4v) is 2.57. The lowest BCUT2D eigenvalue weighted by molar-refractivity contribution is 0.411. The molecule has 0 bridgehead atoms. The van der Waals surface area contributed by atoms with Gasteiger partial charge >= 0.3 is 0 Å². The van der Waals surface area contributed by atoms with Crippen LogP contribution in [0.3, 0.4) is 0 Å². The molecule has 0 aliphatic heterocycles. The maximum atomic E-state index is 2.32. The van der Waals surface area contributed by atoms with Gasteiger partial charge in [-0.15, -0.1) is 11.3 Å². The van der Waals surface area contributed by atoms with Gasteiger partial charge in [0.25, 0.3) is 0 Å². The first kappa shape index (κ1) is 9.72. The summed E-state index contributed by atoms with van der Waals surface area (Å²) in [4.78, 5) is 0. The minimum absolute atomic E-state index is 0.380. The van der Waals surface area contributed by atoms with Crippen molar-refractivity contribution in [3.8, 4) is 0 Å². The standard InChI is InChI=1S/C13H16S/c1-13(2,3)9-10-4-5-11-6-7-14-12(11)8-10/h4-8H,9H2,1-3H3. The van der Waals surface area contributed by atoms with E-state index in [-0.39, 0.29) is 0 Å². The van der Waals surface area contributed by atoms with E-state index < -0.39 is 0 Å². The Morgan fingerprint density at radius 1 is 1.14 bits per heavy atom. The molecule has 0 saturated carbocycles. The molecular weight excluding hydrogens is 188 g/mol. The molecule has 0 aliphatic rings. The van der Waals surface area contributed by atoms with Crippen molar-refractivity contribution in [3.05, 3.63) is 35.2 Å². The van der Waals surface area contributed by atoms with Gasteiger partial charge in [-0.25, -0.2) is 0 Å². The van der Waals surface area contributed by atoms with Gasteiger partial charge in [0, 0.05) is 4.70 Å². The molecule has 0 spiro atoms. The minimum atomic E-state index is 0.380. The number of hydrogen-bond donors (Lipinski definition) is 0. The summed E-state index contributed by atoms with van der Waals surface area (Å²) < 4.78 is 1.41. The lowest BCUT2D eigenvalue weighted by Crippen LogP contribution is -2.08. The van der Waals surface area contributed by atoms with Crippen molar-refractivity contribution in [3.63, 3.8) is 0 Å². The molecule has 0 nitrogen and oxygen atoms in total. The Morgan fingerprint density at radius 3 is 2.64 bits per heavy atom. The van der Waals surface area contributed by atoms with Crippen LogP contribution in [-0.2, 0) is 6.42 Å². The van der Waals surface area contributed by atoms with Crippen molar-refractivity contribution in [2.75, 3.05) is 0 Å². The van der Waals surface area contributed by atoms with E-state index in [0.29, 0.717) is 5.41 Å². The van der Waals surface area contributed by atoms with Gasteiger partial charge in [-0.2, -0.15) is 0 Å². The van der Waals surface area contributed by atoms with Crippen molar-refractivity contribution in [2.24, 2.45) is 5.41 Å². The van der Waals surface area contributed by atoms with Crippen molar-refractivity contribution in [1.29, 1.82) is 0 Å². The predicted molar refractivity (Wildman–Crippen MR) is 65.0 cm³/mol. The summed E-state index contributed by atoms with van der Waals surface area (Å²) in [6.07, 6.45) is 1.15. The van der Waals surface area contributed by atoms with Crippen LogP contribution in [0.25, 0.3) is 10.1 Å². The number of thiophene rings is 1. The Morgan fingerprint density at radius 2 is 1.93 bits per heavy atom. The minimum Gasteiger partial charge on any atom is -0.144 e. The monoisotopic (exact) mass is 204 g/mol. The first-order chi connectivity index (χ1) is 6.54. The molecule has 2 rings (SSSR count).